The van der Waals surface area contributed by atoms with Crippen LogP contribution in [0.25, 0.3) is 12.2 Å². The molecule has 0 aliphatic carbocycles. The zero-order valence-electron chi connectivity index (χ0n) is 12.7. The fourth-order valence-corrected chi connectivity index (χ4v) is 2.01. The Kier molecular flexibility index (Phi) is 4.70. The first-order valence-electron chi connectivity index (χ1n) is 6.77. The molecule has 0 aliphatic rings. The van der Waals surface area contributed by atoms with E-state index in [2.05, 4.69) is 0 Å². The van der Waals surface area contributed by atoms with E-state index in [4.69, 9.17) is 0 Å². The third-order valence-corrected chi connectivity index (χ3v) is 3.29. The Hall–Kier alpha value is -3.22. The van der Waals surface area contributed by atoms with Crippen LogP contribution in [0, 0.1) is 20.2 Å². The van der Waals surface area contributed by atoms with Crippen LogP contribution in [0.1, 0.15) is 11.1 Å². The smallest absolute Gasteiger partial charge is 0.283 e. The lowest BCUT2D eigenvalue weighted by molar-refractivity contribution is -0.394. The molecule has 118 valence electrons. The average molecular weight is 313 g/mol. The van der Waals surface area contributed by atoms with E-state index in [-0.39, 0.29) is 11.4 Å². The molecule has 7 nitrogen and oxygen atoms in total. The van der Waals surface area contributed by atoms with Crippen LogP contribution in [0.5, 0.6) is 0 Å². The van der Waals surface area contributed by atoms with E-state index in [0.29, 0.717) is 5.56 Å². The van der Waals surface area contributed by atoms with Crippen molar-refractivity contribution < 1.29 is 9.85 Å². The van der Waals surface area contributed by atoms with Gasteiger partial charge in [0.05, 0.1) is 21.5 Å². The maximum atomic E-state index is 11.1. The van der Waals surface area contributed by atoms with E-state index >= 15 is 0 Å². The largest absolute Gasteiger partial charge is 0.378 e. The zero-order chi connectivity index (χ0) is 17.0. The minimum Gasteiger partial charge on any atom is -0.378 e. The lowest BCUT2D eigenvalue weighted by Gasteiger charge is -2.11. The second-order valence-electron chi connectivity index (χ2n) is 5.08. The van der Waals surface area contributed by atoms with Crippen molar-refractivity contribution in [3.63, 3.8) is 0 Å². The number of anilines is 1. The first kappa shape index (κ1) is 16.2. The summed E-state index contributed by atoms with van der Waals surface area (Å²) in [6.45, 7) is 0. The number of nitro groups is 2. The van der Waals surface area contributed by atoms with Gasteiger partial charge in [0.15, 0.2) is 0 Å². The fraction of sp³-hybridized carbons (Fsp3) is 0.125. The second-order valence-corrected chi connectivity index (χ2v) is 5.08. The Morgan fingerprint density at radius 1 is 0.913 bits per heavy atom. The van der Waals surface area contributed by atoms with Crippen molar-refractivity contribution in [3.8, 4) is 0 Å². The van der Waals surface area contributed by atoms with Crippen molar-refractivity contribution in [2.45, 2.75) is 0 Å². The highest BCUT2D eigenvalue weighted by atomic mass is 16.6. The summed E-state index contributed by atoms with van der Waals surface area (Å²) in [7, 11) is 3.87. The van der Waals surface area contributed by atoms with E-state index in [0.717, 1.165) is 17.3 Å². The average Bonchev–Trinajstić information content (AvgIpc) is 2.52. The highest BCUT2D eigenvalue weighted by molar-refractivity contribution is 5.75. The third-order valence-electron chi connectivity index (χ3n) is 3.29. The maximum absolute atomic E-state index is 11.1. The van der Waals surface area contributed by atoms with Crippen LogP contribution in [0.15, 0.2) is 42.5 Å². The van der Waals surface area contributed by atoms with E-state index in [1.807, 2.05) is 43.3 Å². The third kappa shape index (κ3) is 3.91. The van der Waals surface area contributed by atoms with Gasteiger partial charge in [-0.2, -0.15) is 0 Å². The van der Waals surface area contributed by atoms with Gasteiger partial charge in [-0.25, -0.2) is 0 Å². The number of nitrogens with zero attached hydrogens (tertiary/aromatic N) is 3. The van der Waals surface area contributed by atoms with Crippen LogP contribution in [0.3, 0.4) is 0 Å². The molecule has 0 spiro atoms. The van der Waals surface area contributed by atoms with Crippen molar-refractivity contribution >= 4 is 29.2 Å². The van der Waals surface area contributed by atoms with Crippen LogP contribution in [-0.2, 0) is 0 Å². The molecule has 0 saturated heterocycles. The number of hydrogen-bond acceptors (Lipinski definition) is 5. The predicted octanol–water partition coefficient (Wildman–Crippen LogP) is 3.74. The highest BCUT2D eigenvalue weighted by Gasteiger charge is 2.17. The summed E-state index contributed by atoms with van der Waals surface area (Å²) in [6.07, 6.45) is 3.31. The molecular formula is C16H15N3O4. The molecule has 0 aromatic heterocycles. The van der Waals surface area contributed by atoms with Crippen LogP contribution in [0.4, 0.5) is 17.1 Å². The van der Waals surface area contributed by atoms with Gasteiger partial charge in [-0.3, -0.25) is 20.2 Å². The molecule has 0 fully saturated rings. The summed E-state index contributed by atoms with van der Waals surface area (Å²) in [5, 5.41) is 21.8. The van der Waals surface area contributed by atoms with E-state index < -0.39 is 9.85 Å². The van der Waals surface area contributed by atoms with Gasteiger partial charge in [0, 0.05) is 25.8 Å². The molecule has 2 rings (SSSR count). The molecule has 23 heavy (non-hydrogen) atoms. The van der Waals surface area contributed by atoms with Crippen LogP contribution in [0.2, 0.25) is 0 Å². The fourth-order valence-electron chi connectivity index (χ4n) is 2.01. The molecule has 0 unspecified atom stereocenters. The second kappa shape index (κ2) is 6.69. The van der Waals surface area contributed by atoms with Crippen molar-refractivity contribution in [3.05, 3.63) is 73.8 Å². The summed E-state index contributed by atoms with van der Waals surface area (Å²) < 4.78 is 0. The summed E-state index contributed by atoms with van der Waals surface area (Å²) >= 11 is 0. The van der Waals surface area contributed by atoms with Crippen molar-refractivity contribution in [1.82, 2.24) is 0 Å². The zero-order valence-corrected chi connectivity index (χ0v) is 12.7. The first-order valence-corrected chi connectivity index (χ1v) is 6.77. The molecule has 0 aliphatic heterocycles. The maximum Gasteiger partial charge on any atom is 0.283 e. The molecule has 2 aromatic rings. The van der Waals surface area contributed by atoms with Gasteiger partial charge in [-0.15, -0.1) is 0 Å². The Bertz CT molecular complexity index is 767. The number of nitro benzene ring substituents is 2. The molecule has 0 amide bonds. The van der Waals surface area contributed by atoms with Gasteiger partial charge in [0.1, 0.15) is 0 Å². The summed E-state index contributed by atoms with van der Waals surface area (Å²) in [4.78, 5) is 22.5. The standard InChI is InChI=1S/C16H15N3O4/c1-17(2)14-8-4-12(5-9-14)3-6-13-7-10-15(18(20)21)11-16(13)19(22)23/h3-11H,1-2H3. The SMILES string of the molecule is CN(C)c1ccc(C=Cc2ccc([N+](=O)[O-])cc2[N+](=O)[O-])cc1. The summed E-state index contributed by atoms with van der Waals surface area (Å²) in [5.74, 6) is 0. The number of non-ortho nitro benzene ring substituents is 1. The lowest BCUT2D eigenvalue weighted by Crippen LogP contribution is -2.07. The molecule has 0 radical (unpaired) electrons. The molecule has 0 saturated carbocycles. The molecular weight excluding hydrogens is 298 g/mol. The van der Waals surface area contributed by atoms with Gasteiger partial charge in [-0.1, -0.05) is 18.2 Å². The Labute approximate surface area is 132 Å². The van der Waals surface area contributed by atoms with Gasteiger partial charge in [-0.05, 0) is 29.8 Å². The minimum atomic E-state index is -0.652. The molecule has 0 atom stereocenters. The highest BCUT2D eigenvalue weighted by Crippen LogP contribution is 2.26. The van der Waals surface area contributed by atoms with E-state index in [1.54, 1.807) is 12.2 Å². The summed E-state index contributed by atoms with van der Waals surface area (Å²) in [5.41, 5.74) is 1.65. The van der Waals surface area contributed by atoms with Crippen LogP contribution < -0.4 is 4.90 Å². The van der Waals surface area contributed by atoms with Gasteiger partial charge < -0.3 is 4.90 Å². The van der Waals surface area contributed by atoms with Gasteiger partial charge >= 0.3 is 0 Å². The van der Waals surface area contributed by atoms with Gasteiger partial charge in [0.25, 0.3) is 11.4 Å². The van der Waals surface area contributed by atoms with E-state index in [1.165, 1.54) is 12.1 Å². The van der Waals surface area contributed by atoms with E-state index in [9.17, 15) is 20.2 Å². The predicted molar refractivity (Wildman–Crippen MR) is 89.4 cm³/mol. The number of hydrogen-bond donors (Lipinski definition) is 0. The van der Waals surface area contributed by atoms with Crippen LogP contribution in [-0.4, -0.2) is 23.9 Å². The minimum absolute atomic E-state index is 0.291. The first-order chi connectivity index (χ1) is 10.9. The molecule has 0 N–H and O–H groups in total. The number of rotatable bonds is 5. The van der Waals surface area contributed by atoms with Crippen LogP contribution >= 0.6 is 0 Å². The molecule has 2 aromatic carbocycles. The quantitative estimate of drug-likeness (QED) is 0.476. The Balaban J connectivity index is 2.31. The normalized spacial score (nSPS) is 10.7. The molecule has 0 bridgehead atoms. The molecule has 0 heterocycles. The monoisotopic (exact) mass is 313 g/mol. The number of benzene rings is 2. The Morgan fingerprint density at radius 3 is 2.09 bits per heavy atom. The Morgan fingerprint density at radius 2 is 1.57 bits per heavy atom. The van der Waals surface area contributed by atoms with Gasteiger partial charge in [0.2, 0.25) is 0 Å². The van der Waals surface area contributed by atoms with Crippen molar-refractivity contribution in [1.29, 1.82) is 0 Å². The van der Waals surface area contributed by atoms with Crippen molar-refractivity contribution in [2.24, 2.45) is 0 Å². The topological polar surface area (TPSA) is 89.5 Å². The van der Waals surface area contributed by atoms with Crippen molar-refractivity contribution in [2.75, 3.05) is 19.0 Å². The molecule has 7 heteroatoms. The lowest BCUT2D eigenvalue weighted by atomic mass is 10.1. The summed E-state index contributed by atoms with van der Waals surface area (Å²) in [6, 6.07) is 11.2.